The Kier molecular flexibility index (Phi) is 4.40. The van der Waals surface area contributed by atoms with Crippen molar-refractivity contribution < 1.29 is 4.79 Å². The van der Waals surface area contributed by atoms with Crippen molar-refractivity contribution in [3.8, 4) is 0 Å². The molecule has 3 aromatic rings. The molecule has 4 nitrogen and oxygen atoms in total. The fraction of sp³-hybridized carbons (Fsp3) is 0.158. The number of hydrogen-bond donors (Lipinski definition) is 2. The van der Waals surface area contributed by atoms with Crippen LogP contribution in [0.1, 0.15) is 34.1 Å². The molecule has 3 rings (SSSR count). The summed E-state index contributed by atoms with van der Waals surface area (Å²) in [5.74, 6) is -0.272. The number of carbonyl (C=O) groups excluding carboxylic acids is 1. The summed E-state index contributed by atoms with van der Waals surface area (Å²) in [5, 5.41) is 5.78. The molecule has 0 aliphatic carbocycles. The predicted molar refractivity (Wildman–Crippen MR) is 98.9 cm³/mol. The fourth-order valence-corrected chi connectivity index (χ4v) is 2.75. The van der Waals surface area contributed by atoms with Crippen LogP contribution in [0.4, 0.5) is 0 Å². The minimum absolute atomic E-state index is 0.272. The Hall–Kier alpha value is -2.59. The Morgan fingerprint density at radius 2 is 1.83 bits per heavy atom. The molecule has 0 unspecified atom stereocenters. The van der Waals surface area contributed by atoms with Crippen LogP contribution < -0.4 is 5.43 Å². The molecule has 1 amide bonds. The van der Waals surface area contributed by atoms with E-state index in [-0.39, 0.29) is 5.91 Å². The minimum atomic E-state index is -0.272. The quantitative estimate of drug-likeness (QED) is 0.532. The van der Waals surface area contributed by atoms with Gasteiger partial charge in [0, 0.05) is 15.9 Å². The lowest BCUT2D eigenvalue weighted by atomic mass is 10.1. The zero-order valence-electron chi connectivity index (χ0n) is 13.8. The van der Waals surface area contributed by atoms with E-state index >= 15 is 0 Å². The maximum atomic E-state index is 12.4. The minimum Gasteiger partial charge on any atom is -0.350 e. The van der Waals surface area contributed by atoms with Crippen LogP contribution in [0.5, 0.6) is 0 Å². The van der Waals surface area contributed by atoms with Crippen molar-refractivity contribution in [2.75, 3.05) is 0 Å². The summed E-state index contributed by atoms with van der Waals surface area (Å²) in [7, 11) is 0. The second-order valence-electron chi connectivity index (χ2n) is 5.82. The Morgan fingerprint density at radius 3 is 2.54 bits per heavy atom. The second kappa shape index (κ2) is 6.49. The Morgan fingerprint density at radius 1 is 1.12 bits per heavy atom. The molecule has 0 aliphatic rings. The number of aromatic nitrogens is 1. The van der Waals surface area contributed by atoms with Crippen LogP contribution in [-0.4, -0.2) is 16.6 Å². The molecular formula is C19H18ClN3O. The van der Waals surface area contributed by atoms with Crippen LogP contribution in [0.3, 0.4) is 0 Å². The zero-order valence-corrected chi connectivity index (χ0v) is 14.5. The molecule has 0 bridgehead atoms. The summed E-state index contributed by atoms with van der Waals surface area (Å²) in [5.41, 5.74) is 7.74. The molecule has 1 heterocycles. The first-order valence-corrected chi connectivity index (χ1v) is 8.03. The molecule has 0 aliphatic heterocycles. The van der Waals surface area contributed by atoms with E-state index in [1.165, 1.54) is 5.56 Å². The smallest absolute Gasteiger partial charge is 0.288 e. The first-order valence-electron chi connectivity index (χ1n) is 7.65. The van der Waals surface area contributed by atoms with Crippen molar-refractivity contribution in [1.29, 1.82) is 0 Å². The monoisotopic (exact) mass is 339 g/mol. The van der Waals surface area contributed by atoms with Gasteiger partial charge in [0.1, 0.15) is 5.69 Å². The Bertz CT molecular complexity index is 939. The van der Waals surface area contributed by atoms with Gasteiger partial charge in [0.15, 0.2) is 0 Å². The van der Waals surface area contributed by atoms with Crippen LogP contribution in [0.25, 0.3) is 10.9 Å². The maximum absolute atomic E-state index is 12.4. The van der Waals surface area contributed by atoms with Gasteiger partial charge in [-0.3, -0.25) is 4.79 Å². The van der Waals surface area contributed by atoms with E-state index in [1.54, 1.807) is 6.07 Å². The summed E-state index contributed by atoms with van der Waals surface area (Å²) in [4.78, 5) is 15.5. The summed E-state index contributed by atoms with van der Waals surface area (Å²) >= 11 is 6.02. The van der Waals surface area contributed by atoms with E-state index in [4.69, 9.17) is 11.6 Å². The average Bonchev–Trinajstić information content (AvgIpc) is 2.89. The van der Waals surface area contributed by atoms with Crippen LogP contribution in [0, 0.1) is 13.8 Å². The number of fused-ring (bicyclic) bond motifs is 1. The van der Waals surface area contributed by atoms with Gasteiger partial charge in [-0.1, -0.05) is 41.4 Å². The van der Waals surface area contributed by atoms with Gasteiger partial charge < -0.3 is 4.98 Å². The van der Waals surface area contributed by atoms with Crippen molar-refractivity contribution in [3.63, 3.8) is 0 Å². The van der Waals surface area contributed by atoms with Gasteiger partial charge in [0.05, 0.1) is 5.71 Å². The first kappa shape index (κ1) is 16.3. The highest BCUT2D eigenvalue weighted by molar-refractivity contribution is 6.31. The maximum Gasteiger partial charge on any atom is 0.288 e. The van der Waals surface area contributed by atoms with Gasteiger partial charge in [-0.25, -0.2) is 5.43 Å². The molecule has 0 fully saturated rings. The van der Waals surface area contributed by atoms with Gasteiger partial charge in [-0.15, -0.1) is 0 Å². The van der Waals surface area contributed by atoms with Crippen molar-refractivity contribution in [1.82, 2.24) is 10.4 Å². The lowest BCUT2D eigenvalue weighted by Crippen LogP contribution is -2.20. The molecule has 1 aromatic heterocycles. The number of H-pyrrole nitrogens is 1. The van der Waals surface area contributed by atoms with Gasteiger partial charge in [-0.2, -0.15) is 5.10 Å². The van der Waals surface area contributed by atoms with Gasteiger partial charge in [-0.05, 0) is 50.1 Å². The highest BCUT2D eigenvalue weighted by Gasteiger charge is 2.14. The van der Waals surface area contributed by atoms with Crippen molar-refractivity contribution in [3.05, 3.63) is 69.9 Å². The summed E-state index contributed by atoms with van der Waals surface area (Å²) in [6.07, 6.45) is 0. The van der Waals surface area contributed by atoms with Crippen LogP contribution in [-0.2, 0) is 0 Å². The number of aromatic amines is 1. The molecule has 5 heteroatoms. The van der Waals surface area contributed by atoms with E-state index in [1.807, 2.05) is 57.2 Å². The molecule has 2 N–H and O–H groups in total. The number of hydrogen-bond acceptors (Lipinski definition) is 2. The second-order valence-corrected chi connectivity index (χ2v) is 6.26. The van der Waals surface area contributed by atoms with Crippen molar-refractivity contribution >= 4 is 34.1 Å². The Balaban J connectivity index is 1.83. The van der Waals surface area contributed by atoms with E-state index in [2.05, 4.69) is 15.5 Å². The molecule has 0 radical (unpaired) electrons. The predicted octanol–water partition coefficient (Wildman–Crippen LogP) is 4.59. The number of hydrazone groups is 1. The molecule has 2 aromatic carbocycles. The normalized spacial score (nSPS) is 11.8. The van der Waals surface area contributed by atoms with Gasteiger partial charge in [0.2, 0.25) is 0 Å². The topological polar surface area (TPSA) is 57.2 Å². The molecule has 0 spiro atoms. The van der Waals surface area contributed by atoms with Crippen LogP contribution >= 0.6 is 11.6 Å². The zero-order chi connectivity index (χ0) is 17.3. The van der Waals surface area contributed by atoms with Crippen molar-refractivity contribution in [2.45, 2.75) is 20.8 Å². The number of carbonyl (C=O) groups is 1. The van der Waals surface area contributed by atoms with E-state index in [0.717, 1.165) is 27.7 Å². The lowest BCUT2D eigenvalue weighted by Gasteiger charge is -2.03. The van der Waals surface area contributed by atoms with E-state index in [0.29, 0.717) is 10.7 Å². The molecule has 0 saturated carbocycles. The van der Waals surface area contributed by atoms with E-state index < -0.39 is 0 Å². The number of halogens is 1. The number of aryl methyl sites for hydroxylation is 2. The number of nitrogens with one attached hydrogen (secondary N) is 2. The number of nitrogens with zero attached hydrogens (tertiary/aromatic N) is 1. The van der Waals surface area contributed by atoms with Crippen LogP contribution in [0.2, 0.25) is 5.02 Å². The third kappa shape index (κ3) is 3.19. The van der Waals surface area contributed by atoms with Gasteiger partial charge in [0.25, 0.3) is 5.91 Å². The van der Waals surface area contributed by atoms with Crippen molar-refractivity contribution in [2.24, 2.45) is 5.10 Å². The van der Waals surface area contributed by atoms with Gasteiger partial charge >= 0.3 is 0 Å². The molecular weight excluding hydrogens is 322 g/mol. The Labute approximate surface area is 145 Å². The standard InChI is InChI=1S/C19H18ClN3O/c1-11-4-6-14(7-5-11)13(3)22-23-19(24)18-12(2)16-10-15(20)8-9-17(16)21-18/h4-10,21H,1-3H3,(H,23,24)/b22-13+. The average molecular weight is 340 g/mol. The number of rotatable bonds is 3. The lowest BCUT2D eigenvalue weighted by molar-refractivity contribution is 0.0950. The number of benzene rings is 2. The summed E-state index contributed by atoms with van der Waals surface area (Å²) < 4.78 is 0. The first-order chi connectivity index (χ1) is 11.5. The molecule has 24 heavy (non-hydrogen) atoms. The third-order valence-corrected chi connectivity index (χ3v) is 4.28. The van der Waals surface area contributed by atoms with Crippen LogP contribution in [0.15, 0.2) is 47.6 Å². The highest BCUT2D eigenvalue weighted by atomic mass is 35.5. The van der Waals surface area contributed by atoms with E-state index in [9.17, 15) is 4.79 Å². The molecule has 0 atom stereocenters. The third-order valence-electron chi connectivity index (χ3n) is 4.04. The molecule has 0 saturated heterocycles. The summed E-state index contributed by atoms with van der Waals surface area (Å²) in [6, 6.07) is 13.5. The SMILES string of the molecule is C/C(=N\NC(=O)c1[nH]c2ccc(Cl)cc2c1C)c1ccc(C)cc1. The summed E-state index contributed by atoms with van der Waals surface area (Å²) in [6.45, 7) is 5.78. The fourth-order valence-electron chi connectivity index (χ4n) is 2.58. The molecule has 122 valence electrons. The number of amides is 1. The largest absolute Gasteiger partial charge is 0.350 e. The highest BCUT2D eigenvalue weighted by Crippen LogP contribution is 2.24.